The van der Waals surface area contributed by atoms with Gasteiger partial charge in [0.2, 0.25) is 5.89 Å². The standard InChI is InChI=1S/C22H20N2O4/c1-14-7-9-18(27-14)13-24(2)22(25)16-8-10-19-20(12-16)28-21(23-19)15-5-4-6-17(11-15)26-3/h4-12H,13H2,1-3H3. The van der Waals surface area contributed by atoms with E-state index in [1.165, 1.54) is 0 Å². The van der Waals surface area contributed by atoms with Crippen LogP contribution in [0.15, 0.2) is 63.4 Å². The molecule has 4 rings (SSSR count). The molecule has 0 saturated carbocycles. The van der Waals surface area contributed by atoms with Crippen LogP contribution in [0, 0.1) is 6.92 Å². The van der Waals surface area contributed by atoms with Crippen LogP contribution in [0.3, 0.4) is 0 Å². The molecule has 6 nitrogen and oxygen atoms in total. The van der Waals surface area contributed by atoms with Gasteiger partial charge < -0.3 is 18.5 Å². The quantitative estimate of drug-likeness (QED) is 0.506. The minimum Gasteiger partial charge on any atom is -0.497 e. The number of ether oxygens (including phenoxy) is 1. The largest absolute Gasteiger partial charge is 0.497 e. The number of carbonyl (C=O) groups excluding carboxylic acids is 1. The van der Waals surface area contributed by atoms with Gasteiger partial charge in [-0.1, -0.05) is 6.07 Å². The molecule has 1 amide bonds. The van der Waals surface area contributed by atoms with E-state index in [2.05, 4.69) is 4.98 Å². The van der Waals surface area contributed by atoms with Crippen LogP contribution >= 0.6 is 0 Å². The van der Waals surface area contributed by atoms with Gasteiger partial charge in [-0.05, 0) is 55.5 Å². The molecule has 0 aliphatic rings. The van der Waals surface area contributed by atoms with Gasteiger partial charge in [0.25, 0.3) is 5.91 Å². The summed E-state index contributed by atoms with van der Waals surface area (Å²) in [6.07, 6.45) is 0. The lowest BCUT2D eigenvalue weighted by Crippen LogP contribution is -2.25. The van der Waals surface area contributed by atoms with Crippen LogP contribution in [0.1, 0.15) is 21.9 Å². The maximum absolute atomic E-state index is 12.8. The molecule has 0 N–H and O–H groups in total. The summed E-state index contributed by atoms with van der Waals surface area (Å²) in [5, 5.41) is 0. The van der Waals surface area contributed by atoms with E-state index in [0.717, 1.165) is 22.8 Å². The SMILES string of the molecule is COc1cccc(-c2nc3ccc(C(=O)N(C)Cc4ccc(C)o4)cc3o2)c1. The Bertz CT molecular complexity index is 1140. The van der Waals surface area contributed by atoms with Gasteiger partial charge in [0, 0.05) is 18.2 Å². The summed E-state index contributed by atoms with van der Waals surface area (Å²) in [5.41, 5.74) is 2.60. The Kier molecular flexibility index (Phi) is 4.61. The maximum atomic E-state index is 12.8. The highest BCUT2D eigenvalue weighted by Crippen LogP contribution is 2.27. The predicted octanol–water partition coefficient (Wildman–Crippen LogP) is 4.68. The highest BCUT2D eigenvalue weighted by Gasteiger charge is 2.16. The van der Waals surface area contributed by atoms with Gasteiger partial charge in [-0.25, -0.2) is 4.98 Å². The Labute approximate surface area is 162 Å². The zero-order valence-electron chi connectivity index (χ0n) is 15.9. The predicted molar refractivity (Wildman–Crippen MR) is 105 cm³/mol. The molecule has 2 aromatic heterocycles. The maximum Gasteiger partial charge on any atom is 0.254 e. The highest BCUT2D eigenvalue weighted by atomic mass is 16.5. The van der Waals surface area contributed by atoms with Crippen molar-refractivity contribution in [3.05, 3.63) is 71.7 Å². The van der Waals surface area contributed by atoms with E-state index in [4.69, 9.17) is 13.6 Å². The number of oxazole rings is 1. The van der Waals surface area contributed by atoms with Crippen molar-refractivity contribution < 1.29 is 18.4 Å². The molecule has 142 valence electrons. The average Bonchev–Trinajstić information content (AvgIpc) is 3.32. The normalized spacial score (nSPS) is 11.0. The van der Waals surface area contributed by atoms with Crippen LogP contribution in [0.4, 0.5) is 0 Å². The zero-order chi connectivity index (χ0) is 19.7. The number of benzene rings is 2. The van der Waals surface area contributed by atoms with Gasteiger partial charge in [0.05, 0.1) is 13.7 Å². The second-order valence-electron chi connectivity index (χ2n) is 6.61. The Balaban J connectivity index is 1.59. The van der Waals surface area contributed by atoms with Crippen LogP contribution in [-0.2, 0) is 6.54 Å². The number of aromatic nitrogens is 1. The molecule has 0 fully saturated rings. The third-order valence-electron chi connectivity index (χ3n) is 4.49. The lowest BCUT2D eigenvalue weighted by molar-refractivity contribution is 0.0775. The molecule has 0 radical (unpaired) electrons. The number of aryl methyl sites for hydroxylation is 1. The van der Waals surface area contributed by atoms with Gasteiger partial charge in [-0.15, -0.1) is 0 Å². The summed E-state index contributed by atoms with van der Waals surface area (Å²) >= 11 is 0. The van der Waals surface area contributed by atoms with Crippen molar-refractivity contribution >= 4 is 17.0 Å². The van der Waals surface area contributed by atoms with Crippen molar-refractivity contribution in [1.82, 2.24) is 9.88 Å². The number of carbonyl (C=O) groups is 1. The van der Waals surface area contributed by atoms with Crippen molar-refractivity contribution in [2.24, 2.45) is 0 Å². The summed E-state index contributed by atoms with van der Waals surface area (Å²) < 4.78 is 16.7. The van der Waals surface area contributed by atoms with E-state index < -0.39 is 0 Å². The molecule has 2 aromatic carbocycles. The molecule has 0 aliphatic carbocycles. The third kappa shape index (κ3) is 3.49. The number of nitrogens with zero attached hydrogens (tertiary/aromatic N) is 2. The fraction of sp³-hybridized carbons (Fsp3) is 0.182. The molecule has 0 atom stereocenters. The fourth-order valence-electron chi connectivity index (χ4n) is 3.03. The van der Waals surface area contributed by atoms with Crippen molar-refractivity contribution in [2.75, 3.05) is 14.2 Å². The Hall–Kier alpha value is -3.54. The van der Waals surface area contributed by atoms with Gasteiger partial charge in [-0.2, -0.15) is 0 Å². The topological polar surface area (TPSA) is 68.7 Å². The summed E-state index contributed by atoms with van der Waals surface area (Å²) in [6, 6.07) is 16.5. The number of amides is 1. The molecule has 0 aliphatic heterocycles. The minimum absolute atomic E-state index is 0.115. The fourth-order valence-corrected chi connectivity index (χ4v) is 3.03. The molecule has 6 heteroatoms. The van der Waals surface area contributed by atoms with Crippen LogP contribution < -0.4 is 4.74 Å². The van der Waals surface area contributed by atoms with E-state index >= 15 is 0 Å². The van der Waals surface area contributed by atoms with Crippen LogP contribution in [-0.4, -0.2) is 29.9 Å². The summed E-state index contributed by atoms with van der Waals surface area (Å²) in [4.78, 5) is 18.9. The van der Waals surface area contributed by atoms with Crippen LogP contribution in [0.25, 0.3) is 22.6 Å². The first-order valence-electron chi connectivity index (χ1n) is 8.89. The number of furan rings is 1. The number of methoxy groups -OCH3 is 1. The molecule has 0 spiro atoms. The molecule has 0 unspecified atom stereocenters. The number of hydrogen-bond donors (Lipinski definition) is 0. The van der Waals surface area contributed by atoms with Gasteiger partial charge >= 0.3 is 0 Å². The summed E-state index contributed by atoms with van der Waals surface area (Å²) in [5.74, 6) is 2.66. The van der Waals surface area contributed by atoms with Crippen molar-refractivity contribution in [3.63, 3.8) is 0 Å². The molecule has 4 aromatic rings. The lowest BCUT2D eigenvalue weighted by Gasteiger charge is -2.15. The van der Waals surface area contributed by atoms with E-state index in [1.54, 1.807) is 37.3 Å². The van der Waals surface area contributed by atoms with E-state index in [9.17, 15) is 4.79 Å². The van der Waals surface area contributed by atoms with Crippen molar-refractivity contribution in [2.45, 2.75) is 13.5 Å². The Morgan fingerprint density at radius 2 is 1.96 bits per heavy atom. The van der Waals surface area contributed by atoms with Gasteiger partial charge in [-0.3, -0.25) is 4.79 Å². The summed E-state index contributed by atoms with van der Waals surface area (Å²) in [6.45, 7) is 2.28. The molecular weight excluding hydrogens is 356 g/mol. The molecule has 28 heavy (non-hydrogen) atoms. The van der Waals surface area contributed by atoms with Gasteiger partial charge in [0.1, 0.15) is 22.8 Å². The van der Waals surface area contributed by atoms with E-state index in [1.807, 2.05) is 43.3 Å². The van der Waals surface area contributed by atoms with Crippen molar-refractivity contribution in [1.29, 1.82) is 0 Å². The molecule has 0 bridgehead atoms. The van der Waals surface area contributed by atoms with Crippen LogP contribution in [0.5, 0.6) is 5.75 Å². The average molecular weight is 376 g/mol. The molecule has 2 heterocycles. The highest BCUT2D eigenvalue weighted by molar-refractivity contribution is 5.97. The first kappa shape index (κ1) is 17.9. The smallest absolute Gasteiger partial charge is 0.254 e. The minimum atomic E-state index is -0.115. The lowest BCUT2D eigenvalue weighted by atomic mass is 10.2. The monoisotopic (exact) mass is 376 g/mol. The Morgan fingerprint density at radius 3 is 2.71 bits per heavy atom. The zero-order valence-corrected chi connectivity index (χ0v) is 15.9. The second-order valence-corrected chi connectivity index (χ2v) is 6.61. The van der Waals surface area contributed by atoms with Crippen LogP contribution in [0.2, 0.25) is 0 Å². The first-order valence-corrected chi connectivity index (χ1v) is 8.89. The van der Waals surface area contributed by atoms with E-state index in [-0.39, 0.29) is 5.91 Å². The number of fused-ring (bicyclic) bond motifs is 1. The Morgan fingerprint density at radius 1 is 1.11 bits per heavy atom. The van der Waals surface area contributed by atoms with Gasteiger partial charge in [0.15, 0.2) is 5.58 Å². The van der Waals surface area contributed by atoms with Crippen molar-refractivity contribution in [3.8, 4) is 17.2 Å². The van der Waals surface area contributed by atoms with E-state index in [0.29, 0.717) is 29.1 Å². The first-order chi connectivity index (χ1) is 13.5. The number of hydrogen-bond acceptors (Lipinski definition) is 5. The second kappa shape index (κ2) is 7.23. The third-order valence-corrected chi connectivity index (χ3v) is 4.49. The molecular formula is C22H20N2O4. The summed E-state index contributed by atoms with van der Waals surface area (Å²) in [7, 11) is 3.36. The molecule has 0 saturated heterocycles. The number of rotatable bonds is 5.